The average molecular weight is 196 g/mol. The number of hydrogen-bond acceptors (Lipinski definition) is 4. The Hall–Kier alpha value is -1.84. The lowest BCUT2D eigenvalue weighted by Crippen LogP contribution is -2.04. The monoisotopic (exact) mass is 196 g/mol. The van der Waals surface area contributed by atoms with Gasteiger partial charge >= 0.3 is 11.9 Å². The lowest BCUT2D eigenvalue weighted by molar-refractivity contribution is -0.139. The van der Waals surface area contributed by atoms with Crippen LogP contribution in [0.2, 0.25) is 0 Å². The first-order valence-electron chi connectivity index (χ1n) is 3.94. The molecule has 14 heavy (non-hydrogen) atoms. The van der Waals surface area contributed by atoms with E-state index in [2.05, 4.69) is 22.6 Å². The molecule has 4 heteroatoms. The fraction of sp³-hybridized carbons (Fsp3) is 0.200. The van der Waals surface area contributed by atoms with Crippen LogP contribution in [0.15, 0.2) is 37.5 Å². The van der Waals surface area contributed by atoms with Crippen LogP contribution >= 0.6 is 0 Å². The number of carbonyl (C=O) groups is 2. The molecule has 0 unspecified atom stereocenters. The molecule has 0 radical (unpaired) electrons. The molecule has 0 aliphatic rings. The van der Waals surface area contributed by atoms with Crippen molar-refractivity contribution in [1.29, 1.82) is 0 Å². The summed E-state index contributed by atoms with van der Waals surface area (Å²) < 4.78 is 9.15. The third kappa shape index (κ3) is 6.84. The summed E-state index contributed by atoms with van der Waals surface area (Å²) in [7, 11) is 0. The maximum Gasteiger partial charge on any atom is 0.331 e. The van der Waals surface area contributed by atoms with E-state index in [0.29, 0.717) is 0 Å². The van der Waals surface area contributed by atoms with Crippen LogP contribution in [0.4, 0.5) is 0 Å². The molecule has 0 aliphatic heterocycles. The number of ether oxygens (including phenoxy) is 2. The third-order valence-corrected chi connectivity index (χ3v) is 1.04. The van der Waals surface area contributed by atoms with E-state index >= 15 is 0 Å². The van der Waals surface area contributed by atoms with Crippen LogP contribution < -0.4 is 0 Å². The Kier molecular flexibility index (Phi) is 6.77. The largest absolute Gasteiger partial charge is 0.458 e. The Balaban J connectivity index is 3.78. The Morgan fingerprint density at radius 2 is 1.29 bits per heavy atom. The van der Waals surface area contributed by atoms with E-state index in [9.17, 15) is 9.59 Å². The molecule has 0 N–H and O–H groups in total. The Bertz CT molecular complexity index is 227. The first kappa shape index (κ1) is 12.2. The van der Waals surface area contributed by atoms with Gasteiger partial charge in [-0.2, -0.15) is 0 Å². The van der Waals surface area contributed by atoms with Crippen LogP contribution in [0.3, 0.4) is 0 Å². The van der Waals surface area contributed by atoms with Crippen LogP contribution in [0.1, 0.15) is 0 Å². The fourth-order valence-corrected chi connectivity index (χ4v) is 0.514. The highest BCUT2D eigenvalue weighted by atomic mass is 16.5. The van der Waals surface area contributed by atoms with Gasteiger partial charge in [-0.05, 0) is 0 Å². The highest BCUT2D eigenvalue weighted by Gasteiger charge is 1.98. The Morgan fingerprint density at radius 1 is 0.929 bits per heavy atom. The summed E-state index contributed by atoms with van der Waals surface area (Å²) >= 11 is 0. The molecule has 0 bridgehead atoms. The van der Waals surface area contributed by atoms with Crippen molar-refractivity contribution in [2.45, 2.75) is 0 Å². The van der Waals surface area contributed by atoms with Gasteiger partial charge < -0.3 is 9.47 Å². The van der Waals surface area contributed by atoms with Crippen molar-refractivity contribution in [3.63, 3.8) is 0 Å². The molecule has 0 aromatic rings. The second-order valence-electron chi connectivity index (χ2n) is 2.17. The lowest BCUT2D eigenvalue weighted by Gasteiger charge is -1.96. The molecule has 0 saturated carbocycles. The van der Waals surface area contributed by atoms with E-state index < -0.39 is 11.9 Å². The standard InChI is InChI=1S/C10H12O4/c1-3-7-13-9(11)5-6-10(12)14-8-4-2/h3-6H,1-2,7-8H2/b6-5+. The number of carbonyl (C=O) groups excluding carboxylic acids is 2. The van der Waals surface area contributed by atoms with Gasteiger partial charge in [-0.3, -0.25) is 0 Å². The summed E-state index contributed by atoms with van der Waals surface area (Å²) in [5, 5.41) is 0. The Morgan fingerprint density at radius 3 is 1.57 bits per heavy atom. The van der Waals surface area contributed by atoms with E-state index in [1.165, 1.54) is 12.2 Å². The van der Waals surface area contributed by atoms with Gasteiger partial charge in [0.15, 0.2) is 0 Å². The minimum Gasteiger partial charge on any atom is -0.458 e. The van der Waals surface area contributed by atoms with E-state index in [4.69, 9.17) is 0 Å². The van der Waals surface area contributed by atoms with Gasteiger partial charge in [-0.15, -0.1) is 0 Å². The zero-order valence-corrected chi connectivity index (χ0v) is 7.77. The molecule has 0 heterocycles. The van der Waals surface area contributed by atoms with Crippen molar-refractivity contribution < 1.29 is 19.1 Å². The molecule has 0 rings (SSSR count). The fourth-order valence-electron chi connectivity index (χ4n) is 0.514. The minimum absolute atomic E-state index is 0.116. The molecule has 4 nitrogen and oxygen atoms in total. The maximum absolute atomic E-state index is 10.8. The van der Waals surface area contributed by atoms with Gasteiger partial charge in [0.05, 0.1) is 0 Å². The summed E-state index contributed by atoms with van der Waals surface area (Å²) in [5.41, 5.74) is 0. The van der Waals surface area contributed by atoms with Crippen LogP contribution in [-0.4, -0.2) is 25.2 Å². The van der Waals surface area contributed by atoms with Crippen LogP contribution in [0, 0.1) is 0 Å². The second-order valence-corrected chi connectivity index (χ2v) is 2.17. The molecular weight excluding hydrogens is 184 g/mol. The summed E-state index contributed by atoms with van der Waals surface area (Å²) in [6.45, 7) is 6.96. The molecule has 0 atom stereocenters. The molecule has 76 valence electrons. The van der Waals surface area contributed by atoms with Crippen LogP contribution in [0.25, 0.3) is 0 Å². The van der Waals surface area contributed by atoms with Crippen molar-refractivity contribution in [2.24, 2.45) is 0 Å². The zero-order chi connectivity index (χ0) is 10.8. The summed E-state index contributed by atoms with van der Waals surface area (Å²) in [5.74, 6) is -1.22. The van der Waals surface area contributed by atoms with E-state index in [-0.39, 0.29) is 13.2 Å². The average Bonchev–Trinajstić information content (AvgIpc) is 2.20. The predicted molar refractivity (Wildman–Crippen MR) is 51.5 cm³/mol. The third-order valence-electron chi connectivity index (χ3n) is 1.04. The van der Waals surface area contributed by atoms with Crippen molar-refractivity contribution >= 4 is 11.9 Å². The predicted octanol–water partition coefficient (Wildman–Crippen LogP) is 1.00. The van der Waals surface area contributed by atoms with Crippen LogP contribution in [0.5, 0.6) is 0 Å². The molecule has 0 spiro atoms. The normalized spacial score (nSPS) is 9.43. The highest BCUT2D eigenvalue weighted by Crippen LogP contribution is 1.85. The van der Waals surface area contributed by atoms with Gasteiger partial charge in [-0.25, -0.2) is 9.59 Å². The van der Waals surface area contributed by atoms with Crippen LogP contribution in [-0.2, 0) is 19.1 Å². The molecular formula is C10H12O4. The van der Waals surface area contributed by atoms with E-state index in [1.807, 2.05) is 0 Å². The van der Waals surface area contributed by atoms with Crippen molar-refractivity contribution in [3.05, 3.63) is 37.5 Å². The SMILES string of the molecule is C=CCOC(=O)/C=C/C(=O)OCC=C. The maximum atomic E-state index is 10.8. The molecule has 0 aromatic carbocycles. The first-order chi connectivity index (χ1) is 6.70. The Labute approximate surface area is 82.5 Å². The van der Waals surface area contributed by atoms with Gasteiger partial charge in [-0.1, -0.05) is 25.3 Å². The molecule has 0 amide bonds. The molecule has 0 saturated heterocycles. The molecule has 0 aliphatic carbocycles. The van der Waals surface area contributed by atoms with Gasteiger partial charge in [0.2, 0.25) is 0 Å². The van der Waals surface area contributed by atoms with Crippen molar-refractivity contribution in [3.8, 4) is 0 Å². The smallest absolute Gasteiger partial charge is 0.331 e. The summed E-state index contributed by atoms with van der Waals surface area (Å²) in [6, 6.07) is 0. The minimum atomic E-state index is -0.611. The number of esters is 2. The quantitative estimate of drug-likeness (QED) is 0.361. The molecule has 0 aromatic heterocycles. The van der Waals surface area contributed by atoms with Crippen molar-refractivity contribution in [2.75, 3.05) is 13.2 Å². The van der Waals surface area contributed by atoms with E-state index in [0.717, 1.165) is 12.2 Å². The first-order valence-corrected chi connectivity index (χ1v) is 3.94. The van der Waals surface area contributed by atoms with Gasteiger partial charge in [0.1, 0.15) is 13.2 Å². The lowest BCUT2D eigenvalue weighted by atomic mass is 10.5. The summed E-state index contributed by atoms with van der Waals surface area (Å²) in [6.07, 6.45) is 4.85. The number of rotatable bonds is 6. The number of hydrogen-bond donors (Lipinski definition) is 0. The van der Waals surface area contributed by atoms with Crippen molar-refractivity contribution in [1.82, 2.24) is 0 Å². The van der Waals surface area contributed by atoms with E-state index in [1.54, 1.807) is 0 Å². The van der Waals surface area contributed by atoms with Gasteiger partial charge in [0.25, 0.3) is 0 Å². The summed E-state index contributed by atoms with van der Waals surface area (Å²) in [4.78, 5) is 21.6. The highest BCUT2D eigenvalue weighted by molar-refractivity contribution is 5.91. The zero-order valence-electron chi connectivity index (χ0n) is 7.77. The van der Waals surface area contributed by atoms with Gasteiger partial charge in [0, 0.05) is 12.2 Å². The topological polar surface area (TPSA) is 52.6 Å². The second kappa shape index (κ2) is 7.79. The molecule has 0 fully saturated rings.